The Morgan fingerprint density at radius 3 is 1.93 bits per heavy atom. The van der Waals surface area contributed by atoms with E-state index in [4.69, 9.17) is 9.84 Å². The molecule has 0 fully saturated rings. The Kier molecular flexibility index (Phi) is 15.3. The monoisotopic (exact) mass is 398 g/mol. The third-order valence-corrected chi connectivity index (χ3v) is 4.97. The number of Topliss-reactive ketones (excluding diaryl/α,β-unsaturated/α-hetero) is 1. The molecule has 0 saturated carbocycles. The van der Waals surface area contributed by atoms with Crippen molar-refractivity contribution in [1.29, 1.82) is 0 Å². The van der Waals surface area contributed by atoms with Crippen LogP contribution in [0.15, 0.2) is 12.2 Å². The van der Waals surface area contributed by atoms with Crippen molar-refractivity contribution in [2.75, 3.05) is 7.11 Å². The zero-order chi connectivity index (χ0) is 21.3. The first-order valence-corrected chi connectivity index (χ1v) is 10.5. The van der Waals surface area contributed by atoms with Gasteiger partial charge in [0.2, 0.25) is 0 Å². The molecule has 1 atom stereocenters. The van der Waals surface area contributed by atoms with E-state index in [9.17, 15) is 19.5 Å². The standard InChI is InChI=1S/C22H38O6/c1-3-4-5-9-12-15-19(23)16-13-10-7-6-8-11-14-17-22(28-2,21(26)27)18-20(24)25/h11,14H,3-10,12-13,15-18H2,1-2H3,(H,24,25)(H,26,27)/b14-11+/t22-/m1/s1. The van der Waals surface area contributed by atoms with Crippen LogP contribution in [0.25, 0.3) is 0 Å². The zero-order valence-electron chi connectivity index (χ0n) is 17.6. The van der Waals surface area contributed by atoms with Crippen LogP contribution >= 0.6 is 0 Å². The molecule has 0 radical (unpaired) electrons. The van der Waals surface area contributed by atoms with Crippen LogP contribution in [0.3, 0.4) is 0 Å². The van der Waals surface area contributed by atoms with Crippen LogP contribution in [0, 0.1) is 0 Å². The molecule has 0 rings (SSSR count). The summed E-state index contributed by atoms with van der Waals surface area (Å²) in [5.74, 6) is -2.09. The van der Waals surface area contributed by atoms with Gasteiger partial charge in [0, 0.05) is 26.4 Å². The van der Waals surface area contributed by atoms with Crippen molar-refractivity contribution in [3.63, 3.8) is 0 Å². The van der Waals surface area contributed by atoms with Crippen molar-refractivity contribution >= 4 is 17.7 Å². The minimum Gasteiger partial charge on any atom is -0.481 e. The molecule has 28 heavy (non-hydrogen) atoms. The lowest BCUT2D eigenvalue weighted by Crippen LogP contribution is -2.42. The van der Waals surface area contributed by atoms with E-state index in [0.29, 0.717) is 18.6 Å². The first-order valence-electron chi connectivity index (χ1n) is 10.5. The summed E-state index contributed by atoms with van der Waals surface area (Å²) in [4.78, 5) is 34.0. The normalized spacial score (nSPS) is 13.5. The number of carboxylic acids is 2. The van der Waals surface area contributed by atoms with Gasteiger partial charge in [0.25, 0.3) is 0 Å². The third-order valence-electron chi connectivity index (χ3n) is 4.97. The number of unbranched alkanes of at least 4 members (excludes halogenated alkanes) is 8. The Morgan fingerprint density at radius 2 is 1.43 bits per heavy atom. The second-order valence-electron chi connectivity index (χ2n) is 7.41. The van der Waals surface area contributed by atoms with Gasteiger partial charge in [-0.25, -0.2) is 4.79 Å². The van der Waals surface area contributed by atoms with Gasteiger partial charge in [-0.1, -0.05) is 57.6 Å². The van der Waals surface area contributed by atoms with Crippen LogP contribution < -0.4 is 0 Å². The fraction of sp³-hybridized carbons (Fsp3) is 0.773. The number of methoxy groups -OCH3 is 1. The maximum atomic E-state index is 11.8. The van der Waals surface area contributed by atoms with E-state index < -0.39 is 24.0 Å². The molecule has 0 aromatic rings. The van der Waals surface area contributed by atoms with Crippen LogP contribution in [0.2, 0.25) is 0 Å². The van der Waals surface area contributed by atoms with E-state index in [1.165, 1.54) is 26.4 Å². The molecule has 6 heteroatoms. The smallest absolute Gasteiger partial charge is 0.336 e. The molecule has 0 unspecified atom stereocenters. The van der Waals surface area contributed by atoms with E-state index in [0.717, 1.165) is 44.9 Å². The van der Waals surface area contributed by atoms with Gasteiger partial charge in [0.1, 0.15) is 5.78 Å². The maximum Gasteiger partial charge on any atom is 0.336 e. The number of ketones is 1. The molecular formula is C22H38O6. The number of carboxylic acid groups (broad SMARTS) is 2. The fourth-order valence-electron chi connectivity index (χ4n) is 3.10. The molecule has 0 aliphatic rings. The average molecular weight is 399 g/mol. The van der Waals surface area contributed by atoms with Crippen molar-refractivity contribution in [3.05, 3.63) is 12.2 Å². The van der Waals surface area contributed by atoms with Crippen molar-refractivity contribution in [2.24, 2.45) is 0 Å². The van der Waals surface area contributed by atoms with Gasteiger partial charge in [-0.05, 0) is 25.7 Å². The van der Waals surface area contributed by atoms with Crippen LogP contribution in [-0.4, -0.2) is 40.6 Å². The summed E-state index contributed by atoms with van der Waals surface area (Å²) in [6.07, 6.45) is 15.0. The minimum absolute atomic E-state index is 0.0257. The van der Waals surface area contributed by atoms with Crippen molar-refractivity contribution in [1.82, 2.24) is 0 Å². The fourth-order valence-corrected chi connectivity index (χ4v) is 3.10. The molecule has 0 bridgehead atoms. The number of aliphatic carboxylic acids is 2. The zero-order valence-corrected chi connectivity index (χ0v) is 17.6. The summed E-state index contributed by atoms with van der Waals surface area (Å²) >= 11 is 0. The molecule has 0 aromatic heterocycles. The highest BCUT2D eigenvalue weighted by Gasteiger charge is 2.39. The second kappa shape index (κ2) is 16.3. The van der Waals surface area contributed by atoms with Crippen LogP contribution in [0.4, 0.5) is 0 Å². The van der Waals surface area contributed by atoms with Gasteiger partial charge < -0.3 is 14.9 Å². The van der Waals surface area contributed by atoms with Crippen molar-refractivity contribution in [2.45, 2.75) is 102 Å². The van der Waals surface area contributed by atoms with E-state index in [-0.39, 0.29) is 6.42 Å². The number of carbonyl (C=O) groups is 3. The molecule has 0 aromatic carbocycles. The summed E-state index contributed by atoms with van der Waals surface area (Å²) in [5, 5.41) is 18.1. The first kappa shape index (κ1) is 26.3. The number of allylic oxidation sites excluding steroid dienone is 1. The molecule has 6 nitrogen and oxygen atoms in total. The number of carbonyl (C=O) groups excluding carboxylic acids is 1. The minimum atomic E-state index is -1.71. The van der Waals surface area contributed by atoms with Gasteiger partial charge in [0.15, 0.2) is 5.60 Å². The molecule has 0 saturated heterocycles. The summed E-state index contributed by atoms with van der Waals surface area (Å²) in [5.41, 5.74) is -1.71. The topological polar surface area (TPSA) is 101 Å². The van der Waals surface area contributed by atoms with Gasteiger partial charge in [-0.15, -0.1) is 0 Å². The number of rotatable bonds is 19. The number of hydrogen-bond donors (Lipinski definition) is 2. The quantitative estimate of drug-likeness (QED) is 0.230. The Balaban J connectivity index is 3.83. The Bertz CT molecular complexity index is 485. The van der Waals surface area contributed by atoms with Gasteiger partial charge >= 0.3 is 11.9 Å². The van der Waals surface area contributed by atoms with Crippen molar-refractivity contribution < 1.29 is 29.3 Å². The molecule has 0 amide bonds. The summed E-state index contributed by atoms with van der Waals surface area (Å²) < 4.78 is 4.98. The van der Waals surface area contributed by atoms with Gasteiger partial charge in [0.05, 0.1) is 6.42 Å². The Labute approximate surface area is 169 Å². The maximum absolute atomic E-state index is 11.8. The van der Waals surface area contributed by atoms with Crippen LogP contribution in [-0.2, 0) is 19.1 Å². The molecule has 0 aliphatic heterocycles. The lowest BCUT2D eigenvalue weighted by Gasteiger charge is -2.24. The Morgan fingerprint density at radius 1 is 0.857 bits per heavy atom. The number of ether oxygens (including phenoxy) is 1. The first-order chi connectivity index (χ1) is 13.4. The molecule has 162 valence electrons. The molecule has 0 heterocycles. The van der Waals surface area contributed by atoms with Gasteiger partial charge in [-0.3, -0.25) is 9.59 Å². The van der Waals surface area contributed by atoms with Gasteiger partial charge in [-0.2, -0.15) is 0 Å². The van der Waals surface area contributed by atoms with E-state index in [1.54, 1.807) is 6.08 Å². The molecular weight excluding hydrogens is 360 g/mol. The predicted octanol–water partition coefficient (Wildman–Crippen LogP) is 5.15. The molecule has 0 aliphatic carbocycles. The molecule has 0 spiro atoms. The summed E-state index contributed by atoms with van der Waals surface area (Å²) in [6.45, 7) is 2.18. The van der Waals surface area contributed by atoms with E-state index in [2.05, 4.69) is 6.92 Å². The van der Waals surface area contributed by atoms with E-state index >= 15 is 0 Å². The predicted molar refractivity (Wildman–Crippen MR) is 109 cm³/mol. The highest BCUT2D eigenvalue weighted by molar-refractivity contribution is 5.84. The number of hydrogen-bond acceptors (Lipinski definition) is 4. The lowest BCUT2D eigenvalue weighted by atomic mass is 9.94. The highest BCUT2D eigenvalue weighted by atomic mass is 16.5. The SMILES string of the molecule is CCCCCCCC(=O)CCCCCC/C=C/C[C@](CC(=O)O)(OC)C(=O)O. The van der Waals surface area contributed by atoms with Crippen molar-refractivity contribution in [3.8, 4) is 0 Å². The molecule has 2 N–H and O–H groups in total. The summed E-state index contributed by atoms with van der Waals surface area (Å²) in [7, 11) is 1.22. The average Bonchev–Trinajstić information content (AvgIpc) is 2.64. The summed E-state index contributed by atoms with van der Waals surface area (Å²) in [6, 6.07) is 0. The van der Waals surface area contributed by atoms with E-state index in [1.807, 2.05) is 6.08 Å². The van der Waals surface area contributed by atoms with Crippen LogP contribution in [0.1, 0.15) is 96.8 Å². The van der Waals surface area contributed by atoms with Crippen LogP contribution in [0.5, 0.6) is 0 Å². The Hall–Kier alpha value is -1.69. The third kappa shape index (κ3) is 12.7. The highest BCUT2D eigenvalue weighted by Crippen LogP contribution is 2.22. The second-order valence-corrected chi connectivity index (χ2v) is 7.41. The largest absolute Gasteiger partial charge is 0.481 e. The lowest BCUT2D eigenvalue weighted by molar-refractivity contribution is -0.168.